The van der Waals surface area contributed by atoms with E-state index in [1.54, 1.807) is 24.3 Å². The first-order valence-corrected chi connectivity index (χ1v) is 15.4. The molecule has 3 atom stereocenters. The molecule has 3 aromatic carbocycles. The Morgan fingerprint density at radius 3 is 2.12 bits per heavy atom. The number of carbonyl (C=O) groups is 4. The molecule has 0 radical (unpaired) electrons. The molecule has 11 heteroatoms. The number of aromatic nitrogens is 1. The van der Waals surface area contributed by atoms with E-state index in [2.05, 4.69) is 10.3 Å². The lowest BCUT2D eigenvalue weighted by atomic mass is 10.0. The summed E-state index contributed by atoms with van der Waals surface area (Å²) in [4.78, 5) is 54.4. The second-order valence-corrected chi connectivity index (χ2v) is 12.6. The number of ether oxygens (including phenoxy) is 3. The highest BCUT2D eigenvalue weighted by Crippen LogP contribution is 2.54. The maximum Gasteiger partial charge on any atom is 0.329 e. The van der Waals surface area contributed by atoms with E-state index in [0.717, 1.165) is 27.6 Å². The molecule has 0 spiro atoms. The van der Waals surface area contributed by atoms with E-state index in [1.807, 2.05) is 60.8 Å². The first-order valence-electron chi connectivity index (χ1n) is 13.5. The average molecular weight is 619 g/mol. The Kier molecular flexibility index (Phi) is 9.73. The molecule has 5 rings (SSSR count). The molecule has 1 saturated heterocycles. The molecular formula is C32H30N2O7S2. The normalized spacial score (nSPS) is 18.5. The lowest BCUT2D eigenvalue weighted by Gasteiger charge is -2.18. The van der Waals surface area contributed by atoms with Crippen molar-refractivity contribution < 1.29 is 33.4 Å². The van der Waals surface area contributed by atoms with Gasteiger partial charge in [-0.25, -0.2) is 4.79 Å². The van der Waals surface area contributed by atoms with Crippen LogP contribution in [-0.4, -0.2) is 59.6 Å². The van der Waals surface area contributed by atoms with E-state index in [1.165, 1.54) is 37.7 Å². The molecule has 43 heavy (non-hydrogen) atoms. The van der Waals surface area contributed by atoms with Crippen molar-refractivity contribution in [3.05, 3.63) is 107 Å². The largest absolute Gasteiger partial charge is 0.468 e. The van der Waals surface area contributed by atoms with Crippen LogP contribution in [-0.2, 0) is 41.6 Å². The quantitative estimate of drug-likeness (QED) is 0.190. The van der Waals surface area contributed by atoms with Gasteiger partial charge < -0.3 is 24.5 Å². The van der Waals surface area contributed by atoms with Crippen molar-refractivity contribution in [3.8, 4) is 0 Å². The van der Waals surface area contributed by atoms with Crippen molar-refractivity contribution in [1.29, 1.82) is 0 Å². The maximum atomic E-state index is 13.4. The third-order valence-electron chi connectivity index (χ3n) is 7.04. The number of rotatable bonds is 10. The molecule has 3 unspecified atom stereocenters. The number of aromatic amines is 1. The maximum absolute atomic E-state index is 13.4. The van der Waals surface area contributed by atoms with Crippen LogP contribution in [0.4, 0.5) is 0 Å². The zero-order valence-electron chi connectivity index (χ0n) is 23.5. The fraction of sp³-hybridized carbons (Fsp3) is 0.250. The molecule has 222 valence electrons. The van der Waals surface area contributed by atoms with E-state index in [4.69, 9.17) is 14.2 Å². The predicted octanol–water partition coefficient (Wildman–Crippen LogP) is 4.81. The number of amides is 1. The molecule has 1 aliphatic rings. The molecule has 9 nitrogen and oxygen atoms in total. The van der Waals surface area contributed by atoms with E-state index in [9.17, 15) is 19.2 Å². The van der Waals surface area contributed by atoms with Gasteiger partial charge in [0, 0.05) is 29.1 Å². The Morgan fingerprint density at radius 2 is 1.47 bits per heavy atom. The van der Waals surface area contributed by atoms with Crippen LogP contribution >= 0.6 is 23.5 Å². The molecule has 0 saturated carbocycles. The predicted molar refractivity (Wildman–Crippen MR) is 165 cm³/mol. The molecule has 1 fully saturated rings. The van der Waals surface area contributed by atoms with E-state index < -0.39 is 40.4 Å². The summed E-state index contributed by atoms with van der Waals surface area (Å²) < 4.78 is 15.1. The monoisotopic (exact) mass is 618 g/mol. The molecule has 2 heterocycles. The molecule has 1 aliphatic heterocycles. The molecule has 2 N–H and O–H groups in total. The number of nitrogens with one attached hydrogen (secondary N) is 2. The van der Waals surface area contributed by atoms with Crippen LogP contribution in [0.15, 0.2) is 85.1 Å². The van der Waals surface area contributed by atoms with Crippen molar-refractivity contribution in [2.75, 3.05) is 14.2 Å². The Morgan fingerprint density at radius 1 is 0.837 bits per heavy atom. The van der Waals surface area contributed by atoms with Crippen molar-refractivity contribution in [2.24, 2.45) is 0 Å². The van der Waals surface area contributed by atoms with Crippen LogP contribution in [0.25, 0.3) is 10.9 Å². The lowest BCUT2D eigenvalue weighted by molar-refractivity contribution is -0.147. The molecule has 0 aliphatic carbocycles. The molecule has 1 aromatic heterocycles. The third-order valence-corrected chi connectivity index (χ3v) is 10.4. The highest BCUT2D eigenvalue weighted by molar-refractivity contribution is 8.21. The van der Waals surface area contributed by atoms with Crippen LogP contribution in [0.3, 0.4) is 0 Å². The van der Waals surface area contributed by atoms with Crippen LogP contribution in [0, 0.1) is 0 Å². The van der Waals surface area contributed by atoms with E-state index in [0.29, 0.717) is 5.56 Å². The smallest absolute Gasteiger partial charge is 0.329 e. The van der Waals surface area contributed by atoms with Gasteiger partial charge in [0.25, 0.3) is 5.91 Å². The Hall–Kier alpha value is -4.22. The summed E-state index contributed by atoms with van der Waals surface area (Å²) in [7, 11) is 2.57. The summed E-state index contributed by atoms with van der Waals surface area (Å²) in [6.07, 6.45) is 2.07. The highest BCUT2D eigenvalue weighted by Gasteiger charge is 2.46. The number of benzene rings is 3. The van der Waals surface area contributed by atoms with Crippen LogP contribution < -0.4 is 5.32 Å². The number of hydrogen-bond donors (Lipinski definition) is 2. The van der Waals surface area contributed by atoms with Gasteiger partial charge >= 0.3 is 17.9 Å². The zero-order valence-corrected chi connectivity index (χ0v) is 25.1. The molecule has 4 aromatic rings. The van der Waals surface area contributed by atoms with Crippen molar-refractivity contribution in [1.82, 2.24) is 10.3 Å². The van der Waals surface area contributed by atoms with Gasteiger partial charge in [0.2, 0.25) is 0 Å². The van der Waals surface area contributed by atoms with Crippen LogP contribution in [0.1, 0.15) is 31.6 Å². The number of H-pyrrole nitrogens is 1. The van der Waals surface area contributed by atoms with Crippen LogP contribution in [0.2, 0.25) is 0 Å². The Balaban J connectivity index is 1.30. The molecule has 0 bridgehead atoms. The summed E-state index contributed by atoms with van der Waals surface area (Å²) in [6, 6.07) is 23.0. The van der Waals surface area contributed by atoms with Gasteiger partial charge in [0.15, 0.2) is 0 Å². The third kappa shape index (κ3) is 7.06. The first-order chi connectivity index (χ1) is 20.9. The molecule has 1 amide bonds. The number of methoxy groups -OCH3 is 2. The number of thioether (sulfide) groups is 2. The fourth-order valence-electron chi connectivity index (χ4n) is 4.77. The second-order valence-electron chi connectivity index (χ2n) is 9.80. The summed E-state index contributed by atoms with van der Waals surface area (Å²) >= 11 is 2.61. The lowest BCUT2D eigenvalue weighted by Crippen LogP contribution is -2.43. The first kappa shape index (κ1) is 30.2. The summed E-state index contributed by atoms with van der Waals surface area (Å²) in [5, 5.41) is 2.41. The van der Waals surface area contributed by atoms with Gasteiger partial charge in [-0.3, -0.25) is 14.4 Å². The Bertz CT molecular complexity index is 1580. The van der Waals surface area contributed by atoms with Crippen LogP contribution in [0.5, 0.6) is 0 Å². The number of fused-ring (bicyclic) bond motifs is 1. The molecular weight excluding hydrogens is 588 g/mol. The van der Waals surface area contributed by atoms with Crippen molar-refractivity contribution in [3.63, 3.8) is 0 Å². The standard InChI is InChI=1S/C32H30N2O7S2/c1-39-30(37)26-27(31(38)40-2)43-32(42-26)21-14-12-20(13-15-21)28(35)34-25(29(36)41-18-19-8-4-3-5-9-19)16-22-17-33-24-11-7-6-10-23(22)24/h3-15,17,25-27,32-33H,16,18H2,1-2H3,(H,34,35). The fourth-order valence-corrected chi connectivity index (χ4v) is 8.21. The van der Waals surface area contributed by atoms with Gasteiger partial charge in [-0.1, -0.05) is 60.7 Å². The van der Waals surface area contributed by atoms with E-state index >= 15 is 0 Å². The number of hydrogen-bond acceptors (Lipinski definition) is 9. The van der Waals surface area contributed by atoms with E-state index in [-0.39, 0.29) is 17.6 Å². The van der Waals surface area contributed by atoms with Crippen molar-refractivity contribution >= 4 is 58.2 Å². The minimum Gasteiger partial charge on any atom is -0.468 e. The van der Waals surface area contributed by atoms with Gasteiger partial charge in [-0.2, -0.15) is 0 Å². The minimum absolute atomic E-state index is 0.0878. The SMILES string of the molecule is COC(=O)C1SC(c2ccc(C(=O)NC(Cc3c[nH]c4ccccc34)C(=O)OCc3ccccc3)cc2)SC1C(=O)OC. The minimum atomic E-state index is -0.933. The zero-order chi connectivity index (χ0) is 30.3. The summed E-state index contributed by atoms with van der Waals surface area (Å²) in [5.41, 5.74) is 3.83. The number of carbonyl (C=O) groups excluding carboxylic acids is 4. The number of esters is 3. The average Bonchev–Trinajstić information content (AvgIpc) is 3.68. The topological polar surface area (TPSA) is 124 Å². The summed E-state index contributed by atoms with van der Waals surface area (Å²) in [5.74, 6) is -1.96. The van der Waals surface area contributed by atoms with Gasteiger partial charge in [-0.15, -0.1) is 23.5 Å². The highest BCUT2D eigenvalue weighted by atomic mass is 32.2. The second kappa shape index (κ2) is 13.8. The van der Waals surface area contributed by atoms with Gasteiger partial charge in [0.1, 0.15) is 23.1 Å². The van der Waals surface area contributed by atoms with Gasteiger partial charge in [-0.05, 0) is 34.9 Å². The number of para-hydroxylation sites is 1. The van der Waals surface area contributed by atoms with Crippen molar-refractivity contribution in [2.45, 2.75) is 34.2 Å². The summed E-state index contributed by atoms with van der Waals surface area (Å²) in [6.45, 7) is 0.0878. The van der Waals surface area contributed by atoms with Gasteiger partial charge in [0.05, 0.1) is 18.8 Å². The Labute approximate surface area is 257 Å².